The van der Waals surface area contributed by atoms with Crippen molar-refractivity contribution >= 4 is 40.5 Å². The van der Waals surface area contributed by atoms with Gasteiger partial charge in [-0.25, -0.2) is 4.79 Å². The third-order valence-corrected chi connectivity index (χ3v) is 6.38. The second kappa shape index (κ2) is 7.09. The van der Waals surface area contributed by atoms with E-state index in [2.05, 4.69) is 29.2 Å². The van der Waals surface area contributed by atoms with Crippen molar-refractivity contribution in [3.05, 3.63) is 45.6 Å². The number of rotatable bonds is 5. The van der Waals surface area contributed by atoms with Crippen LogP contribution in [0.5, 0.6) is 0 Å². The van der Waals surface area contributed by atoms with Gasteiger partial charge in [0, 0.05) is 9.14 Å². The molecule has 0 amide bonds. The zero-order chi connectivity index (χ0) is 21.1. The smallest absolute Gasteiger partial charge is 0.333 e. The lowest BCUT2D eigenvalue weighted by molar-refractivity contribution is -0.170. The minimum absolute atomic E-state index is 0.215. The van der Waals surface area contributed by atoms with Crippen molar-refractivity contribution in [2.45, 2.75) is 50.8 Å². The lowest BCUT2D eigenvalue weighted by atomic mass is 9.78. The van der Waals surface area contributed by atoms with Crippen molar-refractivity contribution in [3.63, 3.8) is 0 Å². The van der Waals surface area contributed by atoms with E-state index in [9.17, 15) is 14.4 Å². The SMILES string of the molecule is C=C(C)C(=O)OC1C2OC(=O)C3C2OC1C3C(=O)OC(C)(C)c1ccc(I)cc1. The fourth-order valence-corrected chi connectivity index (χ4v) is 4.55. The molecule has 0 aliphatic carbocycles. The van der Waals surface area contributed by atoms with Gasteiger partial charge in [0.2, 0.25) is 0 Å². The molecule has 1 aromatic rings. The van der Waals surface area contributed by atoms with E-state index in [-0.39, 0.29) is 5.57 Å². The number of halogens is 1. The number of hydrogen-bond donors (Lipinski definition) is 0. The van der Waals surface area contributed by atoms with Gasteiger partial charge in [-0.2, -0.15) is 0 Å². The average molecular weight is 512 g/mol. The molecule has 2 bridgehead atoms. The van der Waals surface area contributed by atoms with E-state index in [0.717, 1.165) is 9.13 Å². The molecule has 3 fully saturated rings. The van der Waals surface area contributed by atoms with Crippen LogP contribution in [0.4, 0.5) is 0 Å². The molecule has 0 spiro atoms. The molecule has 29 heavy (non-hydrogen) atoms. The molecule has 3 aliphatic heterocycles. The summed E-state index contributed by atoms with van der Waals surface area (Å²) in [5.41, 5.74) is 0.134. The van der Waals surface area contributed by atoms with E-state index in [1.807, 2.05) is 24.3 Å². The normalized spacial score (nSPS) is 32.1. The summed E-state index contributed by atoms with van der Waals surface area (Å²) in [5, 5.41) is 0. The van der Waals surface area contributed by atoms with Gasteiger partial charge in [-0.1, -0.05) is 18.7 Å². The van der Waals surface area contributed by atoms with Crippen LogP contribution in [0.2, 0.25) is 0 Å². The lowest BCUT2D eigenvalue weighted by Gasteiger charge is -2.31. The minimum Gasteiger partial charge on any atom is -0.455 e. The summed E-state index contributed by atoms with van der Waals surface area (Å²) in [5.74, 6) is -3.34. The van der Waals surface area contributed by atoms with Gasteiger partial charge < -0.3 is 18.9 Å². The van der Waals surface area contributed by atoms with Gasteiger partial charge in [-0.3, -0.25) is 9.59 Å². The molecule has 0 radical (unpaired) electrons. The van der Waals surface area contributed by atoms with Crippen LogP contribution in [0.15, 0.2) is 36.4 Å². The average Bonchev–Trinajstić information content (AvgIpc) is 3.25. The van der Waals surface area contributed by atoms with Crippen LogP contribution in [0, 0.1) is 15.4 Å². The van der Waals surface area contributed by atoms with E-state index >= 15 is 0 Å². The highest BCUT2D eigenvalue weighted by Crippen LogP contribution is 2.52. The van der Waals surface area contributed by atoms with Gasteiger partial charge in [-0.15, -0.1) is 0 Å². The van der Waals surface area contributed by atoms with Crippen molar-refractivity contribution in [1.29, 1.82) is 0 Å². The number of hydrogen-bond acceptors (Lipinski definition) is 7. The van der Waals surface area contributed by atoms with Gasteiger partial charge in [0.05, 0.1) is 0 Å². The summed E-state index contributed by atoms with van der Waals surface area (Å²) in [7, 11) is 0. The molecule has 7 nitrogen and oxygen atoms in total. The third kappa shape index (κ3) is 3.35. The largest absolute Gasteiger partial charge is 0.455 e. The Morgan fingerprint density at radius 2 is 1.79 bits per heavy atom. The summed E-state index contributed by atoms with van der Waals surface area (Å²) in [6.45, 7) is 8.66. The van der Waals surface area contributed by atoms with E-state index in [1.165, 1.54) is 6.92 Å². The molecule has 0 aromatic heterocycles. The van der Waals surface area contributed by atoms with Crippen LogP contribution in [-0.4, -0.2) is 42.3 Å². The zero-order valence-electron chi connectivity index (χ0n) is 16.2. The predicted octanol–water partition coefficient (Wildman–Crippen LogP) is 2.50. The van der Waals surface area contributed by atoms with Gasteiger partial charge in [-0.05, 0) is 61.1 Å². The van der Waals surface area contributed by atoms with Gasteiger partial charge in [0.15, 0.2) is 12.2 Å². The summed E-state index contributed by atoms with van der Waals surface area (Å²) < 4.78 is 23.5. The maximum absolute atomic E-state index is 13.1. The molecular formula is C21H21IO7. The first-order valence-corrected chi connectivity index (χ1v) is 10.4. The highest BCUT2D eigenvalue weighted by Gasteiger charge is 2.72. The molecule has 0 N–H and O–H groups in total. The first-order chi connectivity index (χ1) is 13.6. The Hall–Kier alpha value is -1.94. The number of ether oxygens (including phenoxy) is 4. The van der Waals surface area contributed by atoms with Gasteiger partial charge >= 0.3 is 17.9 Å². The monoisotopic (exact) mass is 512 g/mol. The van der Waals surface area contributed by atoms with Crippen LogP contribution in [0.1, 0.15) is 26.3 Å². The standard InChI is InChI=1S/C21H21IO7/c1-9(2)18(23)27-16-15-13(12-14(26-15)17(16)28-19(12)24)20(25)29-21(3,4)10-5-7-11(22)8-6-10/h5-8,12-17H,1H2,2-4H3. The Bertz CT molecular complexity index is 891. The van der Waals surface area contributed by atoms with Gasteiger partial charge in [0.25, 0.3) is 0 Å². The summed E-state index contributed by atoms with van der Waals surface area (Å²) in [6, 6.07) is 7.64. The molecule has 3 aliphatic rings. The molecule has 6 unspecified atom stereocenters. The topological polar surface area (TPSA) is 88.1 Å². The lowest BCUT2D eigenvalue weighted by Crippen LogP contribution is -2.48. The molecule has 3 saturated heterocycles. The Morgan fingerprint density at radius 3 is 2.41 bits per heavy atom. The molecule has 3 heterocycles. The van der Waals surface area contributed by atoms with Crippen molar-refractivity contribution in [2.75, 3.05) is 0 Å². The second-order valence-corrected chi connectivity index (χ2v) is 9.35. The van der Waals surface area contributed by atoms with E-state index in [4.69, 9.17) is 18.9 Å². The molecular weight excluding hydrogens is 491 g/mol. The quantitative estimate of drug-likeness (QED) is 0.259. The maximum atomic E-state index is 13.1. The van der Waals surface area contributed by atoms with Crippen LogP contribution in [0.25, 0.3) is 0 Å². The number of esters is 3. The molecule has 8 heteroatoms. The van der Waals surface area contributed by atoms with Crippen LogP contribution < -0.4 is 0 Å². The van der Waals surface area contributed by atoms with Crippen molar-refractivity contribution in [3.8, 4) is 0 Å². The number of carbonyl (C=O) groups is 3. The maximum Gasteiger partial charge on any atom is 0.333 e. The fraction of sp³-hybridized carbons (Fsp3) is 0.476. The Balaban J connectivity index is 1.56. The summed E-state index contributed by atoms with van der Waals surface area (Å²) in [6.07, 6.45) is -2.96. The van der Waals surface area contributed by atoms with Gasteiger partial charge in [0.1, 0.15) is 29.6 Å². The van der Waals surface area contributed by atoms with Crippen LogP contribution >= 0.6 is 22.6 Å². The Morgan fingerprint density at radius 1 is 1.14 bits per heavy atom. The van der Waals surface area contributed by atoms with Crippen LogP contribution in [0.3, 0.4) is 0 Å². The molecule has 1 aromatic carbocycles. The van der Waals surface area contributed by atoms with E-state index in [0.29, 0.717) is 0 Å². The molecule has 4 rings (SSSR count). The Kier molecular flexibility index (Phi) is 4.97. The highest BCUT2D eigenvalue weighted by atomic mass is 127. The number of benzene rings is 1. The zero-order valence-corrected chi connectivity index (χ0v) is 18.4. The van der Waals surface area contributed by atoms with E-state index in [1.54, 1.807) is 13.8 Å². The van der Waals surface area contributed by atoms with E-state index < -0.39 is 59.8 Å². The Labute approximate surface area is 181 Å². The minimum atomic E-state index is -0.908. The fourth-order valence-electron chi connectivity index (χ4n) is 4.19. The second-order valence-electron chi connectivity index (χ2n) is 8.11. The van der Waals surface area contributed by atoms with Crippen molar-refractivity contribution in [1.82, 2.24) is 0 Å². The molecule has 0 saturated carbocycles. The first kappa shape index (κ1) is 20.3. The highest BCUT2D eigenvalue weighted by molar-refractivity contribution is 14.1. The summed E-state index contributed by atoms with van der Waals surface area (Å²) >= 11 is 2.20. The first-order valence-electron chi connectivity index (χ1n) is 9.31. The van der Waals surface area contributed by atoms with Crippen LogP contribution in [-0.2, 0) is 38.9 Å². The molecule has 6 atom stereocenters. The third-order valence-electron chi connectivity index (χ3n) is 5.66. The predicted molar refractivity (Wildman–Crippen MR) is 108 cm³/mol. The molecule has 154 valence electrons. The summed E-state index contributed by atoms with van der Waals surface area (Å²) in [4.78, 5) is 37.5. The van der Waals surface area contributed by atoms with Crippen molar-refractivity contribution in [2.24, 2.45) is 11.8 Å². The number of fused-ring (bicyclic) bond motifs is 1. The number of carbonyl (C=O) groups excluding carboxylic acids is 3. The van der Waals surface area contributed by atoms with Crippen molar-refractivity contribution < 1.29 is 33.3 Å².